The van der Waals surface area contributed by atoms with E-state index in [1.165, 1.54) is 0 Å². The Hall–Kier alpha value is -1.89. The Kier molecular flexibility index (Phi) is 2.84. The van der Waals surface area contributed by atoms with Crippen LogP contribution in [0, 0.1) is 0 Å². The van der Waals surface area contributed by atoms with Crippen molar-refractivity contribution in [2.75, 3.05) is 0 Å². The molecule has 2 rings (SSSR count). The molecule has 0 aliphatic carbocycles. The molecule has 17 heavy (non-hydrogen) atoms. The maximum absolute atomic E-state index is 12.0. The fourth-order valence-corrected chi connectivity index (χ4v) is 2.07. The summed E-state index contributed by atoms with van der Waals surface area (Å²) in [5.74, 6) is -1.25. The molecule has 7 heteroatoms. The summed E-state index contributed by atoms with van der Waals surface area (Å²) < 4.78 is 1.16. The Morgan fingerprint density at radius 3 is 2.76 bits per heavy atom. The number of aromatic amines is 1. The number of nitrogens with zero attached hydrogens (tertiary/aromatic N) is 1. The van der Waals surface area contributed by atoms with Crippen molar-refractivity contribution in [3.63, 3.8) is 0 Å². The van der Waals surface area contributed by atoms with Gasteiger partial charge in [-0.1, -0.05) is 6.07 Å². The molecule has 1 heterocycles. The number of hydrogen-bond donors (Lipinski definition) is 2. The number of fused-ring (bicyclic) bond motifs is 1. The van der Waals surface area contributed by atoms with Gasteiger partial charge in [-0.05, 0) is 28.1 Å². The van der Waals surface area contributed by atoms with Gasteiger partial charge in [0.05, 0.1) is 10.9 Å². The lowest BCUT2D eigenvalue weighted by Crippen LogP contribution is -2.37. The van der Waals surface area contributed by atoms with Crippen LogP contribution in [0.4, 0.5) is 0 Å². The van der Waals surface area contributed by atoms with Gasteiger partial charge in [-0.2, -0.15) is 0 Å². The average molecular weight is 299 g/mol. The molecule has 6 nitrogen and oxygen atoms in total. The van der Waals surface area contributed by atoms with E-state index in [1.807, 2.05) is 0 Å². The second-order valence-corrected chi connectivity index (χ2v) is 4.23. The lowest BCUT2D eigenvalue weighted by molar-refractivity contribution is -0.137. The summed E-state index contributed by atoms with van der Waals surface area (Å²) >= 11 is 3.19. The molecule has 1 aromatic heterocycles. The van der Waals surface area contributed by atoms with E-state index in [1.54, 1.807) is 18.2 Å². The molecule has 0 fully saturated rings. The molecule has 0 spiro atoms. The topological polar surface area (TPSA) is 92.2 Å². The minimum Gasteiger partial charge on any atom is -0.480 e. The number of rotatable bonds is 2. The third-order valence-corrected chi connectivity index (χ3v) is 2.91. The van der Waals surface area contributed by atoms with E-state index in [0.717, 1.165) is 0 Å². The number of carboxylic acids is 1. The van der Waals surface area contributed by atoms with Crippen molar-refractivity contribution in [2.45, 2.75) is 6.54 Å². The Balaban J connectivity index is 2.88. The van der Waals surface area contributed by atoms with E-state index in [-0.39, 0.29) is 5.39 Å². The van der Waals surface area contributed by atoms with E-state index in [2.05, 4.69) is 20.9 Å². The van der Waals surface area contributed by atoms with Crippen molar-refractivity contribution in [3.8, 4) is 0 Å². The number of carbonyl (C=O) groups is 1. The van der Waals surface area contributed by atoms with Crippen LogP contribution < -0.4 is 11.2 Å². The molecule has 0 saturated carbocycles. The lowest BCUT2D eigenvalue weighted by atomic mass is 10.2. The average Bonchev–Trinajstić information content (AvgIpc) is 2.23. The quantitative estimate of drug-likeness (QED) is 0.846. The second-order valence-electron chi connectivity index (χ2n) is 3.38. The number of H-pyrrole nitrogens is 1. The number of benzene rings is 1. The summed E-state index contributed by atoms with van der Waals surface area (Å²) in [6.07, 6.45) is 0. The van der Waals surface area contributed by atoms with Gasteiger partial charge >= 0.3 is 11.7 Å². The van der Waals surface area contributed by atoms with E-state index >= 15 is 0 Å². The van der Waals surface area contributed by atoms with Gasteiger partial charge in [-0.3, -0.25) is 9.59 Å². The number of aliphatic carboxylic acids is 1. The summed E-state index contributed by atoms with van der Waals surface area (Å²) in [7, 11) is 0. The molecule has 0 bridgehead atoms. The van der Waals surface area contributed by atoms with E-state index in [0.29, 0.717) is 14.6 Å². The third-order valence-electron chi connectivity index (χ3n) is 2.25. The van der Waals surface area contributed by atoms with Crippen molar-refractivity contribution in [2.24, 2.45) is 0 Å². The zero-order valence-corrected chi connectivity index (χ0v) is 10.0. The summed E-state index contributed by atoms with van der Waals surface area (Å²) in [5.41, 5.74) is -0.988. The second kappa shape index (κ2) is 4.17. The molecule has 0 saturated heterocycles. The SMILES string of the molecule is O=C(O)Cn1c(=O)[nH]c2cccc(Br)c2c1=O. The lowest BCUT2D eigenvalue weighted by Gasteiger charge is -2.04. The van der Waals surface area contributed by atoms with Crippen LogP contribution in [0.2, 0.25) is 0 Å². The normalized spacial score (nSPS) is 10.6. The zero-order chi connectivity index (χ0) is 12.6. The Morgan fingerprint density at radius 2 is 2.12 bits per heavy atom. The summed E-state index contributed by atoms with van der Waals surface area (Å²) in [6, 6.07) is 4.89. The van der Waals surface area contributed by atoms with Gasteiger partial charge in [0.2, 0.25) is 0 Å². The minimum atomic E-state index is -1.25. The fraction of sp³-hybridized carbons (Fsp3) is 0.100. The highest BCUT2D eigenvalue weighted by molar-refractivity contribution is 9.10. The first-order valence-corrected chi connectivity index (χ1v) is 5.43. The maximum Gasteiger partial charge on any atom is 0.329 e. The molecule has 0 radical (unpaired) electrons. The monoisotopic (exact) mass is 298 g/mol. The largest absolute Gasteiger partial charge is 0.480 e. The standard InChI is InChI=1S/C10H7BrN2O4/c11-5-2-1-3-6-8(5)9(16)13(4-7(14)15)10(17)12-6/h1-3H,4H2,(H,12,17)(H,14,15). The van der Waals surface area contributed by atoms with Crippen LogP contribution in [0.5, 0.6) is 0 Å². The van der Waals surface area contributed by atoms with E-state index < -0.39 is 23.8 Å². The molecular weight excluding hydrogens is 292 g/mol. The Morgan fingerprint density at radius 1 is 1.41 bits per heavy atom. The molecule has 2 N–H and O–H groups in total. The van der Waals surface area contributed by atoms with Gasteiger partial charge < -0.3 is 10.1 Å². The smallest absolute Gasteiger partial charge is 0.329 e. The van der Waals surface area contributed by atoms with Crippen LogP contribution >= 0.6 is 15.9 Å². The summed E-state index contributed by atoms with van der Waals surface area (Å²) in [4.78, 5) is 36.5. The fourth-order valence-electron chi connectivity index (χ4n) is 1.53. The maximum atomic E-state index is 12.0. The van der Waals surface area contributed by atoms with Gasteiger partial charge in [0.15, 0.2) is 0 Å². The van der Waals surface area contributed by atoms with E-state index in [9.17, 15) is 14.4 Å². The van der Waals surface area contributed by atoms with Crippen LogP contribution in [-0.4, -0.2) is 20.6 Å². The Labute approximate surface area is 103 Å². The highest BCUT2D eigenvalue weighted by atomic mass is 79.9. The number of nitrogens with one attached hydrogen (secondary N) is 1. The molecule has 2 aromatic rings. The summed E-state index contributed by atoms with van der Waals surface area (Å²) in [6.45, 7) is -0.661. The van der Waals surface area contributed by atoms with Crippen LogP contribution in [0.1, 0.15) is 0 Å². The zero-order valence-electron chi connectivity index (χ0n) is 8.44. The predicted octanol–water partition coefficient (Wildman–Crippen LogP) is 0.537. The molecule has 0 aliphatic rings. The first-order chi connectivity index (χ1) is 8.00. The Bertz CT molecular complexity index is 716. The number of aromatic nitrogens is 2. The van der Waals surface area contributed by atoms with Gasteiger partial charge in [0, 0.05) is 4.47 Å². The van der Waals surface area contributed by atoms with Gasteiger partial charge in [0.25, 0.3) is 5.56 Å². The van der Waals surface area contributed by atoms with Crippen molar-refractivity contribution in [1.82, 2.24) is 9.55 Å². The highest BCUT2D eigenvalue weighted by Crippen LogP contribution is 2.17. The molecule has 0 atom stereocenters. The molecule has 0 amide bonds. The van der Waals surface area contributed by atoms with Crippen LogP contribution in [-0.2, 0) is 11.3 Å². The molecular formula is C10H7BrN2O4. The first kappa shape index (κ1) is 11.6. The van der Waals surface area contributed by atoms with E-state index in [4.69, 9.17) is 5.11 Å². The molecule has 0 aliphatic heterocycles. The van der Waals surface area contributed by atoms with Crippen molar-refractivity contribution < 1.29 is 9.90 Å². The van der Waals surface area contributed by atoms with Crippen molar-refractivity contribution in [3.05, 3.63) is 43.5 Å². The van der Waals surface area contributed by atoms with Gasteiger partial charge in [0.1, 0.15) is 6.54 Å². The third kappa shape index (κ3) is 2.01. The van der Waals surface area contributed by atoms with Crippen LogP contribution in [0.25, 0.3) is 10.9 Å². The van der Waals surface area contributed by atoms with Crippen molar-refractivity contribution >= 4 is 32.8 Å². The minimum absolute atomic E-state index is 0.258. The number of hydrogen-bond acceptors (Lipinski definition) is 3. The number of carboxylic acid groups (broad SMARTS) is 1. The summed E-state index contributed by atoms with van der Waals surface area (Å²) in [5, 5.41) is 8.89. The highest BCUT2D eigenvalue weighted by Gasteiger charge is 2.11. The number of halogens is 1. The predicted molar refractivity (Wildman–Crippen MR) is 64.2 cm³/mol. The molecule has 0 unspecified atom stereocenters. The van der Waals surface area contributed by atoms with Crippen LogP contribution in [0.3, 0.4) is 0 Å². The van der Waals surface area contributed by atoms with Crippen LogP contribution in [0.15, 0.2) is 32.3 Å². The van der Waals surface area contributed by atoms with Gasteiger partial charge in [-0.25, -0.2) is 9.36 Å². The van der Waals surface area contributed by atoms with Crippen molar-refractivity contribution in [1.29, 1.82) is 0 Å². The van der Waals surface area contributed by atoms with Gasteiger partial charge in [-0.15, -0.1) is 0 Å². The molecule has 88 valence electrons. The first-order valence-electron chi connectivity index (χ1n) is 4.64. The molecule has 1 aromatic carbocycles.